The molecule has 4 nitrogen and oxygen atoms in total. The molecule has 1 amide bonds. The molecule has 4 heteroatoms. The van der Waals surface area contributed by atoms with E-state index >= 15 is 0 Å². The van der Waals surface area contributed by atoms with Crippen molar-refractivity contribution in [1.29, 1.82) is 0 Å². The van der Waals surface area contributed by atoms with Gasteiger partial charge in [-0.3, -0.25) is 4.79 Å². The van der Waals surface area contributed by atoms with Gasteiger partial charge in [0.1, 0.15) is 0 Å². The third-order valence-electron chi connectivity index (χ3n) is 4.54. The van der Waals surface area contributed by atoms with Crippen LogP contribution >= 0.6 is 0 Å². The summed E-state index contributed by atoms with van der Waals surface area (Å²) in [5.74, 6) is 0.284. The zero-order chi connectivity index (χ0) is 13.0. The van der Waals surface area contributed by atoms with Crippen molar-refractivity contribution < 1.29 is 9.53 Å². The average Bonchev–Trinajstić information content (AvgIpc) is 2.47. The fourth-order valence-corrected chi connectivity index (χ4v) is 3.22. The quantitative estimate of drug-likeness (QED) is 0.831. The van der Waals surface area contributed by atoms with Gasteiger partial charge in [-0.15, -0.1) is 0 Å². The van der Waals surface area contributed by atoms with Gasteiger partial charge in [0.15, 0.2) is 0 Å². The maximum atomic E-state index is 12.8. The van der Waals surface area contributed by atoms with Gasteiger partial charge in [0.2, 0.25) is 5.91 Å². The summed E-state index contributed by atoms with van der Waals surface area (Å²) in [5, 5.41) is 0. The van der Waals surface area contributed by atoms with E-state index in [4.69, 9.17) is 10.5 Å². The van der Waals surface area contributed by atoms with Crippen LogP contribution in [-0.4, -0.2) is 43.2 Å². The van der Waals surface area contributed by atoms with Gasteiger partial charge in [0.05, 0.1) is 18.1 Å². The molecule has 0 bridgehead atoms. The van der Waals surface area contributed by atoms with Gasteiger partial charge in [-0.25, -0.2) is 0 Å². The van der Waals surface area contributed by atoms with Crippen LogP contribution in [0.25, 0.3) is 0 Å². The van der Waals surface area contributed by atoms with Crippen molar-refractivity contribution in [2.45, 2.75) is 51.6 Å². The Kier molecular flexibility index (Phi) is 4.62. The largest absolute Gasteiger partial charge is 0.375 e. The molecule has 0 aromatic rings. The van der Waals surface area contributed by atoms with E-state index in [2.05, 4.69) is 6.92 Å². The summed E-state index contributed by atoms with van der Waals surface area (Å²) < 4.78 is 5.64. The molecule has 1 heterocycles. The summed E-state index contributed by atoms with van der Waals surface area (Å²) in [5.41, 5.74) is 5.66. The maximum absolute atomic E-state index is 12.8. The zero-order valence-electron chi connectivity index (χ0n) is 11.5. The van der Waals surface area contributed by atoms with Gasteiger partial charge in [0.25, 0.3) is 0 Å². The van der Waals surface area contributed by atoms with Gasteiger partial charge in [0, 0.05) is 19.6 Å². The summed E-state index contributed by atoms with van der Waals surface area (Å²) in [7, 11) is 0. The number of nitrogens with zero attached hydrogens (tertiary/aromatic N) is 1. The predicted octanol–water partition coefficient (Wildman–Crippen LogP) is 1.53. The first-order valence-corrected chi connectivity index (χ1v) is 7.33. The molecule has 2 rings (SSSR count). The number of morpholine rings is 1. The van der Waals surface area contributed by atoms with Crippen molar-refractivity contribution in [2.75, 3.05) is 26.2 Å². The van der Waals surface area contributed by atoms with Gasteiger partial charge in [-0.1, -0.05) is 26.2 Å². The molecule has 0 spiro atoms. The lowest BCUT2D eigenvalue weighted by Gasteiger charge is -2.41. The van der Waals surface area contributed by atoms with Crippen LogP contribution in [0.2, 0.25) is 0 Å². The summed E-state index contributed by atoms with van der Waals surface area (Å²) in [6.45, 7) is 4.76. The molecule has 2 aliphatic rings. The second-order valence-electron chi connectivity index (χ2n) is 5.70. The van der Waals surface area contributed by atoms with Crippen LogP contribution in [0.5, 0.6) is 0 Å². The van der Waals surface area contributed by atoms with Crippen LogP contribution in [0.1, 0.15) is 45.4 Å². The normalized spacial score (nSPS) is 28.1. The topological polar surface area (TPSA) is 55.6 Å². The van der Waals surface area contributed by atoms with Crippen LogP contribution in [-0.2, 0) is 9.53 Å². The first-order chi connectivity index (χ1) is 8.72. The molecule has 104 valence electrons. The maximum Gasteiger partial charge on any atom is 0.230 e. The van der Waals surface area contributed by atoms with E-state index in [0.29, 0.717) is 13.2 Å². The smallest absolute Gasteiger partial charge is 0.230 e. The molecule has 0 aromatic heterocycles. The first kappa shape index (κ1) is 13.8. The van der Waals surface area contributed by atoms with Crippen molar-refractivity contribution in [1.82, 2.24) is 4.90 Å². The fourth-order valence-electron chi connectivity index (χ4n) is 3.22. The van der Waals surface area contributed by atoms with Gasteiger partial charge in [-0.05, 0) is 19.3 Å². The van der Waals surface area contributed by atoms with E-state index < -0.39 is 0 Å². The Labute approximate surface area is 110 Å². The van der Waals surface area contributed by atoms with Crippen molar-refractivity contribution in [3.8, 4) is 0 Å². The van der Waals surface area contributed by atoms with Crippen LogP contribution in [0.15, 0.2) is 0 Å². The number of carbonyl (C=O) groups is 1. The average molecular weight is 254 g/mol. The lowest BCUT2D eigenvalue weighted by molar-refractivity contribution is -0.151. The number of carbonyl (C=O) groups excluding carboxylic acids is 1. The lowest BCUT2D eigenvalue weighted by Crippen LogP contribution is -2.54. The number of amides is 1. The summed E-state index contributed by atoms with van der Waals surface area (Å²) in [6, 6.07) is 0. The highest BCUT2D eigenvalue weighted by Gasteiger charge is 2.41. The highest BCUT2D eigenvalue weighted by Crippen LogP contribution is 2.37. The molecule has 18 heavy (non-hydrogen) atoms. The van der Waals surface area contributed by atoms with Crippen LogP contribution in [0.4, 0.5) is 0 Å². The third-order valence-corrected chi connectivity index (χ3v) is 4.54. The molecule has 1 saturated carbocycles. The molecular formula is C14H26N2O2. The van der Waals surface area contributed by atoms with Crippen molar-refractivity contribution in [2.24, 2.45) is 11.1 Å². The van der Waals surface area contributed by atoms with Crippen LogP contribution < -0.4 is 5.73 Å². The lowest BCUT2D eigenvalue weighted by atomic mass is 9.73. The number of nitrogens with two attached hydrogens (primary N) is 1. The molecular weight excluding hydrogens is 228 g/mol. The van der Waals surface area contributed by atoms with E-state index in [1.165, 1.54) is 6.42 Å². The van der Waals surface area contributed by atoms with Crippen molar-refractivity contribution in [3.63, 3.8) is 0 Å². The fraction of sp³-hybridized carbons (Fsp3) is 0.929. The number of ether oxygens (including phenoxy) is 1. The van der Waals surface area contributed by atoms with Crippen molar-refractivity contribution >= 4 is 5.91 Å². The number of hydrogen-bond acceptors (Lipinski definition) is 3. The standard InChI is InChI=1S/C14H26N2O2/c1-2-12-10-16(8-9-18-12)13(17)14(11-15)6-4-3-5-7-14/h12H,2-11,15H2,1H3. The molecule has 2 fully saturated rings. The molecule has 1 atom stereocenters. The zero-order valence-corrected chi connectivity index (χ0v) is 11.5. The van der Waals surface area contributed by atoms with Crippen LogP contribution in [0, 0.1) is 5.41 Å². The number of rotatable bonds is 3. The molecule has 1 unspecified atom stereocenters. The van der Waals surface area contributed by atoms with E-state index in [0.717, 1.165) is 45.2 Å². The highest BCUT2D eigenvalue weighted by molar-refractivity contribution is 5.83. The summed E-state index contributed by atoms with van der Waals surface area (Å²) in [6.07, 6.45) is 6.65. The van der Waals surface area contributed by atoms with E-state index in [1.54, 1.807) is 0 Å². The molecule has 0 radical (unpaired) electrons. The predicted molar refractivity (Wildman–Crippen MR) is 71.2 cm³/mol. The summed E-state index contributed by atoms with van der Waals surface area (Å²) in [4.78, 5) is 14.8. The monoisotopic (exact) mass is 254 g/mol. The van der Waals surface area contributed by atoms with Gasteiger partial charge < -0.3 is 15.4 Å². The van der Waals surface area contributed by atoms with Gasteiger partial charge in [-0.2, -0.15) is 0 Å². The van der Waals surface area contributed by atoms with Crippen LogP contribution in [0.3, 0.4) is 0 Å². The Hall–Kier alpha value is -0.610. The van der Waals surface area contributed by atoms with Crippen molar-refractivity contribution in [3.05, 3.63) is 0 Å². The molecule has 0 aromatic carbocycles. The second-order valence-corrected chi connectivity index (χ2v) is 5.70. The summed E-state index contributed by atoms with van der Waals surface area (Å²) >= 11 is 0. The minimum atomic E-state index is -0.270. The Balaban J connectivity index is 2.04. The highest BCUT2D eigenvalue weighted by atomic mass is 16.5. The first-order valence-electron chi connectivity index (χ1n) is 7.33. The second kappa shape index (κ2) is 6.02. The Bertz CT molecular complexity index is 288. The SMILES string of the molecule is CCC1CN(C(=O)C2(CN)CCCCC2)CCO1. The minimum Gasteiger partial charge on any atom is -0.375 e. The number of hydrogen-bond donors (Lipinski definition) is 1. The Morgan fingerprint density at radius 3 is 2.72 bits per heavy atom. The third kappa shape index (κ3) is 2.69. The molecule has 1 saturated heterocycles. The van der Waals surface area contributed by atoms with E-state index in [9.17, 15) is 4.79 Å². The van der Waals surface area contributed by atoms with Gasteiger partial charge >= 0.3 is 0 Å². The Morgan fingerprint density at radius 1 is 1.39 bits per heavy atom. The molecule has 2 N–H and O–H groups in total. The van der Waals surface area contributed by atoms with E-state index in [-0.39, 0.29) is 17.4 Å². The minimum absolute atomic E-state index is 0.209. The van der Waals surface area contributed by atoms with E-state index in [1.807, 2.05) is 4.90 Å². The molecule has 1 aliphatic carbocycles. The Morgan fingerprint density at radius 2 is 2.11 bits per heavy atom. The molecule has 1 aliphatic heterocycles.